The van der Waals surface area contributed by atoms with Crippen molar-refractivity contribution in [2.75, 3.05) is 19.0 Å². The lowest BCUT2D eigenvalue weighted by Gasteiger charge is -2.23. The topological polar surface area (TPSA) is 94.3 Å². The molecule has 4 rings (SSSR count). The number of imidazole rings is 1. The Labute approximate surface area is 150 Å². The lowest BCUT2D eigenvalue weighted by molar-refractivity contribution is -0.0298. The first-order valence-electron chi connectivity index (χ1n) is 8.64. The second kappa shape index (κ2) is 7.17. The fourth-order valence-corrected chi connectivity index (χ4v) is 3.18. The van der Waals surface area contributed by atoms with Crippen molar-refractivity contribution in [2.45, 2.75) is 32.0 Å². The van der Waals surface area contributed by atoms with Crippen LogP contribution in [0.15, 0.2) is 30.9 Å². The first-order chi connectivity index (χ1) is 12.7. The van der Waals surface area contributed by atoms with E-state index in [9.17, 15) is 5.11 Å². The summed E-state index contributed by atoms with van der Waals surface area (Å²) in [7, 11) is 1.57. The van der Waals surface area contributed by atoms with E-state index in [-0.39, 0.29) is 12.0 Å². The first-order valence-corrected chi connectivity index (χ1v) is 8.64. The number of fused-ring (bicyclic) bond motifs is 1. The Hall–Kier alpha value is -2.87. The van der Waals surface area contributed by atoms with Crippen LogP contribution in [0.5, 0.6) is 11.5 Å². The molecule has 1 atom stereocenters. The molecule has 8 heteroatoms. The van der Waals surface area contributed by atoms with Crippen molar-refractivity contribution in [2.24, 2.45) is 0 Å². The molecule has 0 saturated carbocycles. The van der Waals surface area contributed by atoms with Gasteiger partial charge in [0.05, 0.1) is 13.4 Å². The van der Waals surface area contributed by atoms with Gasteiger partial charge in [-0.3, -0.25) is 4.57 Å². The van der Waals surface area contributed by atoms with E-state index in [1.807, 2.05) is 10.6 Å². The van der Waals surface area contributed by atoms with Crippen molar-refractivity contribution >= 4 is 17.0 Å². The van der Waals surface area contributed by atoms with Gasteiger partial charge in [0.1, 0.15) is 24.1 Å². The monoisotopic (exact) mass is 355 g/mol. The van der Waals surface area contributed by atoms with Crippen LogP contribution in [-0.2, 0) is 11.3 Å². The Balaban J connectivity index is 1.57. The smallest absolute Gasteiger partial charge is 0.167 e. The molecule has 0 amide bonds. The summed E-state index contributed by atoms with van der Waals surface area (Å²) in [4.78, 5) is 13.2. The maximum atomic E-state index is 9.78. The van der Waals surface area contributed by atoms with Gasteiger partial charge in [0.2, 0.25) is 0 Å². The Morgan fingerprint density at radius 3 is 3.00 bits per heavy atom. The van der Waals surface area contributed by atoms with Gasteiger partial charge in [-0.1, -0.05) is 0 Å². The minimum Gasteiger partial charge on any atom is -0.508 e. The van der Waals surface area contributed by atoms with Gasteiger partial charge in [-0.05, 0) is 37.0 Å². The second-order valence-electron chi connectivity index (χ2n) is 6.26. The van der Waals surface area contributed by atoms with E-state index in [0.29, 0.717) is 23.6 Å². The molecular formula is C18H21N5O3. The Kier molecular flexibility index (Phi) is 4.57. The van der Waals surface area contributed by atoms with Crippen molar-refractivity contribution in [1.82, 2.24) is 19.5 Å². The molecule has 1 saturated heterocycles. The van der Waals surface area contributed by atoms with Crippen LogP contribution < -0.4 is 10.1 Å². The molecule has 26 heavy (non-hydrogen) atoms. The molecule has 1 aliphatic rings. The molecule has 3 heterocycles. The maximum Gasteiger partial charge on any atom is 0.167 e. The van der Waals surface area contributed by atoms with Crippen LogP contribution in [0.25, 0.3) is 11.2 Å². The molecule has 2 aromatic heterocycles. The quantitative estimate of drug-likeness (QED) is 0.727. The van der Waals surface area contributed by atoms with E-state index in [1.54, 1.807) is 25.6 Å². The van der Waals surface area contributed by atoms with Gasteiger partial charge in [0, 0.05) is 19.2 Å². The minimum atomic E-state index is -0.0215. The van der Waals surface area contributed by atoms with Crippen molar-refractivity contribution < 1.29 is 14.6 Å². The number of aromatic nitrogens is 4. The highest BCUT2D eigenvalue weighted by Gasteiger charge is 2.20. The van der Waals surface area contributed by atoms with Crippen LogP contribution in [0.1, 0.15) is 31.1 Å². The molecule has 0 bridgehead atoms. The second-order valence-corrected chi connectivity index (χ2v) is 6.26. The van der Waals surface area contributed by atoms with Crippen LogP contribution >= 0.6 is 0 Å². The fraction of sp³-hybridized carbons (Fsp3) is 0.389. The zero-order valence-corrected chi connectivity index (χ0v) is 14.6. The molecule has 0 spiro atoms. The Morgan fingerprint density at radius 1 is 1.27 bits per heavy atom. The molecule has 1 aromatic carbocycles. The maximum absolute atomic E-state index is 9.78. The van der Waals surface area contributed by atoms with Crippen molar-refractivity contribution in [3.8, 4) is 11.5 Å². The number of hydrogen-bond acceptors (Lipinski definition) is 7. The number of phenolic OH excluding ortho intramolecular Hbond substituents is 1. The predicted octanol–water partition coefficient (Wildman–Crippen LogP) is 2.85. The summed E-state index contributed by atoms with van der Waals surface area (Å²) in [5.74, 6) is 1.41. The molecule has 2 N–H and O–H groups in total. The fourth-order valence-electron chi connectivity index (χ4n) is 3.18. The number of ether oxygens (including phenoxy) is 2. The highest BCUT2D eigenvalue weighted by molar-refractivity contribution is 5.82. The third-order valence-electron chi connectivity index (χ3n) is 4.47. The lowest BCUT2D eigenvalue weighted by atomic mass is 10.2. The molecular weight excluding hydrogens is 334 g/mol. The molecule has 1 unspecified atom stereocenters. The van der Waals surface area contributed by atoms with Gasteiger partial charge in [-0.25, -0.2) is 15.0 Å². The number of hydrogen-bond donors (Lipinski definition) is 2. The summed E-state index contributed by atoms with van der Waals surface area (Å²) in [6.45, 7) is 1.24. The molecule has 3 aromatic rings. The van der Waals surface area contributed by atoms with E-state index < -0.39 is 0 Å². The summed E-state index contributed by atoms with van der Waals surface area (Å²) in [6.07, 6.45) is 6.46. The van der Waals surface area contributed by atoms with Gasteiger partial charge in [0.25, 0.3) is 0 Å². The summed E-state index contributed by atoms with van der Waals surface area (Å²) in [5.41, 5.74) is 2.33. The predicted molar refractivity (Wildman–Crippen MR) is 96.1 cm³/mol. The molecule has 0 aliphatic carbocycles. The third kappa shape index (κ3) is 3.28. The third-order valence-corrected chi connectivity index (χ3v) is 4.47. The number of anilines is 1. The van der Waals surface area contributed by atoms with Crippen LogP contribution in [0.4, 0.5) is 5.82 Å². The molecule has 136 valence electrons. The van der Waals surface area contributed by atoms with Gasteiger partial charge in [-0.2, -0.15) is 0 Å². The summed E-state index contributed by atoms with van der Waals surface area (Å²) in [6, 6.07) is 5.11. The highest BCUT2D eigenvalue weighted by atomic mass is 16.5. The van der Waals surface area contributed by atoms with Crippen molar-refractivity contribution in [3.63, 3.8) is 0 Å². The number of benzene rings is 1. The minimum absolute atomic E-state index is 0.0215. The summed E-state index contributed by atoms with van der Waals surface area (Å²) in [5, 5.41) is 13.0. The van der Waals surface area contributed by atoms with E-state index in [0.717, 1.165) is 37.1 Å². The number of rotatable bonds is 5. The van der Waals surface area contributed by atoms with Gasteiger partial charge in [-0.15, -0.1) is 0 Å². The number of phenols is 1. The highest BCUT2D eigenvalue weighted by Crippen LogP contribution is 2.28. The molecule has 1 aliphatic heterocycles. The molecule has 1 fully saturated rings. The number of nitrogens with one attached hydrogen (secondary N) is 1. The normalized spacial score (nSPS) is 17.3. The number of nitrogens with zero attached hydrogens (tertiary/aromatic N) is 4. The van der Waals surface area contributed by atoms with Gasteiger partial charge < -0.3 is 19.9 Å². The van der Waals surface area contributed by atoms with Crippen LogP contribution in [0, 0.1) is 0 Å². The average Bonchev–Trinajstić information content (AvgIpc) is 3.11. The largest absolute Gasteiger partial charge is 0.508 e. The SMILES string of the molecule is COc1cc(O)cc(CNc2ncnc3c2ncn3C2CCCCO2)c1. The van der Waals surface area contributed by atoms with Crippen molar-refractivity contribution in [1.29, 1.82) is 0 Å². The van der Waals surface area contributed by atoms with Crippen LogP contribution in [0.2, 0.25) is 0 Å². The van der Waals surface area contributed by atoms with Gasteiger partial charge >= 0.3 is 0 Å². The van der Waals surface area contributed by atoms with Crippen molar-refractivity contribution in [3.05, 3.63) is 36.4 Å². The van der Waals surface area contributed by atoms with Gasteiger partial charge in [0.15, 0.2) is 17.0 Å². The summed E-state index contributed by atoms with van der Waals surface area (Å²) >= 11 is 0. The zero-order valence-electron chi connectivity index (χ0n) is 14.6. The van der Waals surface area contributed by atoms with E-state index in [2.05, 4.69) is 20.3 Å². The summed E-state index contributed by atoms with van der Waals surface area (Å²) < 4.78 is 13.0. The molecule has 0 radical (unpaired) electrons. The first kappa shape index (κ1) is 16.6. The van der Waals surface area contributed by atoms with E-state index in [4.69, 9.17) is 9.47 Å². The standard InChI is InChI=1S/C18H21N5O3/c1-25-14-7-12(6-13(24)8-14)9-19-17-16-18(21-10-20-17)23(11-22-16)15-4-2-3-5-26-15/h6-8,10-11,15,24H,2-5,9H2,1H3,(H,19,20,21). The van der Waals surface area contributed by atoms with Crippen LogP contribution in [0.3, 0.4) is 0 Å². The van der Waals surface area contributed by atoms with E-state index >= 15 is 0 Å². The number of aromatic hydroxyl groups is 1. The van der Waals surface area contributed by atoms with Crippen LogP contribution in [-0.4, -0.2) is 38.3 Å². The zero-order chi connectivity index (χ0) is 17.9. The molecule has 8 nitrogen and oxygen atoms in total. The lowest BCUT2D eigenvalue weighted by Crippen LogP contribution is -2.17. The van der Waals surface area contributed by atoms with E-state index in [1.165, 1.54) is 6.33 Å². The average molecular weight is 355 g/mol. The Bertz CT molecular complexity index is 905. The Morgan fingerprint density at radius 2 is 2.19 bits per heavy atom. The number of methoxy groups -OCH3 is 1.